The lowest BCUT2D eigenvalue weighted by atomic mass is 10.2. The Hall–Kier alpha value is -1.98. The number of hydrogen-bond donors (Lipinski definition) is 2. The predicted molar refractivity (Wildman–Crippen MR) is 132 cm³/mol. The van der Waals surface area contributed by atoms with Crippen molar-refractivity contribution in [2.45, 2.75) is 64.4 Å². The topological polar surface area (TPSA) is 93.1 Å². The first kappa shape index (κ1) is 30.0. The van der Waals surface area contributed by atoms with Gasteiger partial charge in [0.05, 0.1) is 13.2 Å². The van der Waals surface area contributed by atoms with Crippen molar-refractivity contribution in [2.75, 3.05) is 13.2 Å². The monoisotopic (exact) mass is 466 g/mol. The molecule has 0 aliphatic carbocycles. The number of aliphatic hydroxyl groups excluding tert-OH is 1. The zero-order valence-corrected chi connectivity index (χ0v) is 20.1. The Morgan fingerprint density at radius 3 is 1.66 bits per heavy atom. The minimum Gasteiger partial charge on any atom is -0.457 e. The van der Waals surface area contributed by atoms with Crippen LogP contribution in [-0.2, 0) is 18.6 Å². The lowest BCUT2D eigenvalue weighted by Gasteiger charge is -2.14. The van der Waals surface area contributed by atoms with Crippen molar-refractivity contribution in [1.29, 1.82) is 0 Å². The van der Waals surface area contributed by atoms with Crippen molar-refractivity contribution in [2.24, 2.45) is 0 Å². The van der Waals surface area contributed by atoms with Crippen LogP contribution < -0.4 is 0 Å². The van der Waals surface area contributed by atoms with Crippen molar-refractivity contribution in [3.8, 4) is 0 Å². The molecule has 0 aromatic heterocycles. The van der Waals surface area contributed by atoms with E-state index in [0.717, 1.165) is 38.5 Å². The van der Waals surface area contributed by atoms with Crippen molar-refractivity contribution >= 4 is 14.2 Å². The van der Waals surface area contributed by atoms with E-state index >= 15 is 0 Å². The molecule has 2 unspecified atom stereocenters. The second-order valence-electron chi connectivity index (χ2n) is 6.83. The summed E-state index contributed by atoms with van der Waals surface area (Å²) in [6.07, 6.45) is 30.9. The van der Waals surface area contributed by atoms with E-state index in [1.807, 2.05) is 12.2 Å². The quantitative estimate of drug-likeness (QED) is 0.143. The van der Waals surface area contributed by atoms with Gasteiger partial charge in [0.2, 0.25) is 0 Å². The van der Waals surface area contributed by atoms with Gasteiger partial charge in [0.1, 0.15) is 6.10 Å². The Balaban J connectivity index is 3.73. The number of esters is 1. The van der Waals surface area contributed by atoms with Gasteiger partial charge >= 0.3 is 14.2 Å². The number of aliphatic hydroxyl groups is 1. The fourth-order valence-electron chi connectivity index (χ4n) is 2.37. The van der Waals surface area contributed by atoms with Crippen LogP contribution in [0.25, 0.3) is 0 Å². The third kappa shape index (κ3) is 22.7. The van der Waals surface area contributed by atoms with Crippen molar-refractivity contribution in [3.63, 3.8) is 0 Å². The average Bonchev–Trinajstić information content (AvgIpc) is 2.78. The summed E-state index contributed by atoms with van der Waals surface area (Å²) in [6.45, 7) is 1.38. The normalized spacial score (nSPS) is 14.7. The van der Waals surface area contributed by atoms with Gasteiger partial charge in [-0.3, -0.25) is 9.36 Å². The molecule has 6 nitrogen and oxygen atoms in total. The summed E-state index contributed by atoms with van der Waals surface area (Å²) in [5, 5.41) is 9.06. The SMILES string of the molecule is CC/C=C/C/C=C/C/C=C/C/C=C/C/C=C/C/C=C/CCC(=O)OC(CO)CO[PH](=O)O. The van der Waals surface area contributed by atoms with Crippen LogP contribution in [0.2, 0.25) is 0 Å². The lowest BCUT2D eigenvalue weighted by Crippen LogP contribution is -2.26. The van der Waals surface area contributed by atoms with Gasteiger partial charge < -0.3 is 19.3 Å². The highest BCUT2D eigenvalue weighted by molar-refractivity contribution is 7.32. The van der Waals surface area contributed by atoms with Crippen LogP contribution in [-0.4, -0.2) is 35.3 Å². The fraction of sp³-hybridized carbons (Fsp3) is 0.480. The molecule has 2 atom stereocenters. The largest absolute Gasteiger partial charge is 0.457 e. The van der Waals surface area contributed by atoms with Gasteiger partial charge in [-0.2, -0.15) is 0 Å². The molecule has 0 aliphatic rings. The first-order valence-corrected chi connectivity index (χ1v) is 12.4. The number of carbonyl (C=O) groups excluding carboxylic acids is 1. The summed E-state index contributed by atoms with van der Waals surface area (Å²) in [4.78, 5) is 20.2. The van der Waals surface area contributed by atoms with Gasteiger partial charge in [-0.05, 0) is 44.9 Å². The average molecular weight is 467 g/mol. The Labute approximate surface area is 193 Å². The Morgan fingerprint density at radius 1 is 0.812 bits per heavy atom. The number of carbonyl (C=O) groups is 1. The molecule has 0 fully saturated rings. The molecular weight excluding hydrogens is 427 g/mol. The van der Waals surface area contributed by atoms with Gasteiger partial charge in [0.15, 0.2) is 0 Å². The molecule has 0 aromatic carbocycles. The molecule has 0 aliphatic heterocycles. The second-order valence-corrected chi connectivity index (χ2v) is 7.65. The van der Waals surface area contributed by atoms with E-state index in [1.54, 1.807) is 0 Å². The fourth-order valence-corrected chi connectivity index (χ4v) is 2.70. The van der Waals surface area contributed by atoms with Crippen LogP contribution in [0.15, 0.2) is 72.9 Å². The summed E-state index contributed by atoms with van der Waals surface area (Å²) < 4.78 is 19.9. The van der Waals surface area contributed by atoms with Crippen LogP contribution in [0.4, 0.5) is 0 Å². The van der Waals surface area contributed by atoms with Crippen LogP contribution in [0.1, 0.15) is 58.3 Å². The Morgan fingerprint density at radius 2 is 1.25 bits per heavy atom. The van der Waals surface area contributed by atoms with Crippen LogP contribution in [0, 0.1) is 0 Å². The molecule has 32 heavy (non-hydrogen) atoms. The summed E-state index contributed by atoms with van der Waals surface area (Å²) in [7, 11) is -3.10. The summed E-state index contributed by atoms with van der Waals surface area (Å²) in [6, 6.07) is 0. The third-order valence-electron chi connectivity index (χ3n) is 4.01. The van der Waals surface area contributed by atoms with Crippen LogP contribution in [0.5, 0.6) is 0 Å². The lowest BCUT2D eigenvalue weighted by molar-refractivity contribution is -0.152. The molecule has 0 spiro atoms. The van der Waals surface area contributed by atoms with E-state index in [-0.39, 0.29) is 13.0 Å². The van der Waals surface area contributed by atoms with E-state index in [1.165, 1.54) is 0 Å². The predicted octanol–water partition coefficient (Wildman–Crippen LogP) is 5.77. The highest BCUT2D eigenvalue weighted by atomic mass is 31.1. The minimum atomic E-state index is -3.10. The molecular formula is C25H39O6P. The smallest absolute Gasteiger partial charge is 0.316 e. The van der Waals surface area contributed by atoms with Gasteiger partial charge in [-0.25, -0.2) is 0 Å². The third-order valence-corrected chi connectivity index (χ3v) is 4.42. The molecule has 0 amide bonds. The molecule has 0 heterocycles. The maximum Gasteiger partial charge on any atom is 0.316 e. The highest BCUT2D eigenvalue weighted by Gasteiger charge is 2.14. The van der Waals surface area contributed by atoms with Crippen molar-refractivity contribution in [1.82, 2.24) is 0 Å². The van der Waals surface area contributed by atoms with Crippen molar-refractivity contribution < 1.29 is 28.6 Å². The molecule has 0 saturated carbocycles. The number of hydrogen-bond acceptors (Lipinski definition) is 5. The zero-order chi connectivity index (χ0) is 23.7. The van der Waals surface area contributed by atoms with Gasteiger partial charge in [-0.15, -0.1) is 0 Å². The van der Waals surface area contributed by atoms with Gasteiger partial charge in [0.25, 0.3) is 0 Å². The molecule has 180 valence electrons. The van der Waals surface area contributed by atoms with E-state index < -0.39 is 26.9 Å². The molecule has 2 N–H and O–H groups in total. The van der Waals surface area contributed by atoms with E-state index in [2.05, 4.69) is 72.2 Å². The van der Waals surface area contributed by atoms with Crippen LogP contribution in [0.3, 0.4) is 0 Å². The standard InChI is InChI=1S/C25H39O6P/c1-2-3-4-5-6-7-8-9-10-11-12-13-14-15-16-17-18-19-20-21-25(27)31-24(22-26)23-30-32(28)29/h3-4,6-7,9-10,12-13,15-16,18-19,24,26,32H,2,5,8,11,14,17,20-23H2,1H3,(H,28,29)/b4-3+,7-6+,10-9+,13-12+,16-15+,19-18+. The Kier molecular flexibility index (Phi) is 22.2. The second kappa shape index (κ2) is 23.7. The highest BCUT2D eigenvalue weighted by Crippen LogP contribution is 2.15. The first-order valence-electron chi connectivity index (χ1n) is 11.2. The molecule has 0 aromatic rings. The Bertz CT molecular complexity index is 661. The molecule has 7 heteroatoms. The number of allylic oxidation sites excluding steroid dienone is 12. The maximum absolute atomic E-state index is 11.7. The van der Waals surface area contributed by atoms with E-state index in [0.29, 0.717) is 6.42 Å². The van der Waals surface area contributed by atoms with Gasteiger partial charge in [-0.1, -0.05) is 79.8 Å². The van der Waals surface area contributed by atoms with Gasteiger partial charge in [0, 0.05) is 6.42 Å². The minimum absolute atomic E-state index is 0.174. The van der Waals surface area contributed by atoms with Crippen LogP contribution >= 0.6 is 8.25 Å². The molecule has 0 rings (SSSR count). The molecule has 0 radical (unpaired) electrons. The van der Waals surface area contributed by atoms with Crippen molar-refractivity contribution in [3.05, 3.63) is 72.9 Å². The van der Waals surface area contributed by atoms with E-state index in [9.17, 15) is 9.36 Å². The summed E-state index contributed by atoms with van der Waals surface area (Å²) in [5.74, 6) is -0.482. The maximum atomic E-state index is 11.7. The summed E-state index contributed by atoms with van der Waals surface area (Å²) >= 11 is 0. The molecule has 0 bridgehead atoms. The first-order chi connectivity index (χ1) is 15.6. The molecule has 0 saturated heterocycles. The number of ether oxygens (including phenoxy) is 1. The van der Waals surface area contributed by atoms with E-state index in [4.69, 9.17) is 14.7 Å². The number of rotatable bonds is 19. The zero-order valence-electron chi connectivity index (χ0n) is 19.1. The summed E-state index contributed by atoms with van der Waals surface area (Å²) in [5.41, 5.74) is 0.